The van der Waals surface area contributed by atoms with E-state index in [9.17, 15) is 4.79 Å². The van der Waals surface area contributed by atoms with Gasteiger partial charge in [0.1, 0.15) is 6.04 Å². The van der Waals surface area contributed by atoms with E-state index in [1.165, 1.54) is 0 Å². The molecule has 4 heteroatoms. The number of rotatable bonds is 6. The number of carboxylic acid groups (broad SMARTS) is 1. The third-order valence-corrected chi connectivity index (χ3v) is 1.59. The summed E-state index contributed by atoms with van der Waals surface area (Å²) in [5.74, 6) is -0.736. The van der Waals surface area contributed by atoms with Gasteiger partial charge in [-0.15, -0.1) is 12.4 Å². The summed E-state index contributed by atoms with van der Waals surface area (Å²) < 4.78 is 0. The van der Waals surface area contributed by atoms with E-state index >= 15 is 0 Å². The third-order valence-electron chi connectivity index (χ3n) is 1.59. The highest BCUT2D eigenvalue weighted by Gasteiger charge is 2.13. The molecule has 0 saturated carbocycles. The lowest BCUT2D eigenvalue weighted by Gasteiger charge is -2.11. The molecule has 0 aliphatic heterocycles. The molecule has 0 radical (unpaired) electrons. The number of carbonyl (C=O) groups is 1. The molecule has 0 aromatic heterocycles. The molecule has 0 aromatic rings. The van der Waals surface area contributed by atoms with Gasteiger partial charge < -0.3 is 10.4 Å². The fourth-order valence-corrected chi connectivity index (χ4v) is 0.967. The summed E-state index contributed by atoms with van der Waals surface area (Å²) in [6.07, 6.45) is 2.76. The van der Waals surface area contributed by atoms with Gasteiger partial charge in [-0.05, 0) is 13.0 Å². The number of hydrogen-bond donors (Lipinski definition) is 2. The van der Waals surface area contributed by atoms with Gasteiger partial charge in [0.25, 0.3) is 0 Å². The summed E-state index contributed by atoms with van der Waals surface area (Å²) in [6.45, 7) is 4.70. The zero-order valence-electron chi connectivity index (χ0n) is 7.67. The highest BCUT2D eigenvalue weighted by molar-refractivity contribution is 5.85. The second kappa shape index (κ2) is 8.81. The molecule has 0 fully saturated rings. The standard InChI is InChI=1S/C8H17NO2.ClH/c1-3-5-6-7(8(10)11)9-4-2;/h7,9H,3-6H2,1-2H3,(H,10,11);1H/t7-;/m0./s1. The van der Waals surface area contributed by atoms with Crippen LogP contribution in [-0.4, -0.2) is 23.7 Å². The summed E-state index contributed by atoms with van der Waals surface area (Å²) in [5.41, 5.74) is 0. The minimum atomic E-state index is -0.736. The molecular formula is C8H18ClNO2. The van der Waals surface area contributed by atoms with Gasteiger partial charge in [-0.2, -0.15) is 0 Å². The lowest BCUT2D eigenvalue weighted by Crippen LogP contribution is -2.36. The number of aliphatic carboxylic acids is 1. The summed E-state index contributed by atoms with van der Waals surface area (Å²) >= 11 is 0. The van der Waals surface area contributed by atoms with E-state index in [0.717, 1.165) is 25.8 Å². The van der Waals surface area contributed by atoms with E-state index < -0.39 is 5.97 Å². The van der Waals surface area contributed by atoms with E-state index in [1.807, 2.05) is 6.92 Å². The molecule has 0 saturated heterocycles. The molecule has 0 aliphatic carbocycles. The Hall–Kier alpha value is -0.280. The number of carboxylic acids is 1. The van der Waals surface area contributed by atoms with Crippen molar-refractivity contribution in [1.29, 1.82) is 0 Å². The molecule has 74 valence electrons. The van der Waals surface area contributed by atoms with Crippen LogP contribution in [0, 0.1) is 0 Å². The lowest BCUT2D eigenvalue weighted by atomic mass is 10.1. The van der Waals surface area contributed by atoms with Crippen LogP contribution in [0.5, 0.6) is 0 Å². The summed E-state index contributed by atoms with van der Waals surface area (Å²) in [7, 11) is 0. The van der Waals surface area contributed by atoms with Crippen LogP contribution in [0.25, 0.3) is 0 Å². The number of hydrogen-bond acceptors (Lipinski definition) is 2. The van der Waals surface area contributed by atoms with E-state index in [4.69, 9.17) is 5.11 Å². The largest absolute Gasteiger partial charge is 0.480 e. The predicted octanol–water partition coefficient (Wildman–Crippen LogP) is 1.66. The van der Waals surface area contributed by atoms with Gasteiger partial charge in [-0.1, -0.05) is 26.7 Å². The quantitative estimate of drug-likeness (QED) is 0.678. The van der Waals surface area contributed by atoms with Crippen molar-refractivity contribution in [1.82, 2.24) is 5.32 Å². The zero-order chi connectivity index (χ0) is 8.69. The van der Waals surface area contributed by atoms with E-state index in [-0.39, 0.29) is 18.4 Å². The average molecular weight is 196 g/mol. The Labute approximate surface area is 80.0 Å². The molecule has 0 aromatic carbocycles. The Bertz CT molecular complexity index is 120. The van der Waals surface area contributed by atoms with Crippen LogP contribution in [-0.2, 0) is 4.79 Å². The van der Waals surface area contributed by atoms with Crippen molar-refractivity contribution in [3.63, 3.8) is 0 Å². The Balaban J connectivity index is 0. The fraction of sp³-hybridized carbons (Fsp3) is 0.875. The Morgan fingerprint density at radius 1 is 1.50 bits per heavy atom. The highest BCUT2D eigenvalue weighted by atomic mass is 35.5. The van der Waals surface area contributed by atoms with Crippen LogP contribution in [0.3, 0.4) is 0 Å². The molecule has 3 nitrogen and oxygen atoms in total. The Morgan fingerprint density at radius 3 is 2.42 bits per heavy atom. The van der Waals surface area contributed by atoms with Crippen LogP contribution in [0.15, 0.2) is 0 Å². The SMILES string of the molecule is CCCC[C@H](NCC)C(=O)O.Cl. The van der Waals surface area contributed by atoms with Gasteiger partial charge in [0.05, 0.1) is 0 Å². The van der Waals surface area contributed by atoms with Crippen molar-refractivity contribution in [3.8, 4) is 0 Å². The summed E-state index contributed by atoms with van der Waals surface area (Å²) in [4.78, 5) is 10.5. The maximum atomic E-state index is 10.5. The second-order valence-electron chi connectivity index (χ2n) is 2.59. The molecule has 0 rings (SSSR count). The molecule has 2 N–H and O–H groups in total. The smallest absolute Gasteiger partial charge is 0.320 e. The number of unbranched alkanes of at least 4 members (excludes halogenated alkanes) is 1. The monoisotopic (exact) mass is 195 g/mol. The molecular weight excluding hydrogens is 178 g/mol. The first-order valence-electron chi connectivity index (χ1n) is 4.18. The molecule has 0 aliphatic rings. The molecule has 0 unspecified atom stereocenters. The highest BCUT2D eigenvalue weighted by Crippen LogP contribution is 1.99. The van der Waals surface area contributed by atoms with E-state index in [1.54, 1.807) is 0 Å². The van der Waals surface area contributed by atoms with Crippen molar-refractivity contribution in [2.75, 3.05) is 6.54 Å². The number of halogens is 1. The molecule has 12 heavy (non-hydrogen) atoms. The normalized spacial score (nSPS) is 11.8. The molecule has 0 amide bonds. The van der Waals surface area contributed by atoms with E-state index in [2.05, 4.69) is 12.2 Å². The first-order chi connectivity index (χ1) is 5.22. The van der Waals surface area contributed by atoms with Crippen LogP contribution >= 0.6 is 12.4 Å². The summed E-state index contributed by atoms with van der Waals surface area (Å²) in [5, 5.41) is 11.6. The number of likely N-dealkylation sites (N-methyl/N-ethyl adjacent to an activating group) is 1. The van der Waals surface area contributed by atoms with Crippen LogP contribution in [0.4, 0.5) is 0 Å². The second-order valence-corrected chi connectivity index (χ2v) is 2.59. The van der Waals surface area contributed by atoms with E-state index in [0.29, 0.717) is 0 Å². The molecule has 1 atom stereocenters. The third kappa shape index (κ3) is 6.43. The van der Waals surface area contributed by atoms with Crippen LogP contribution in [0.1, 0.15) is 33.1 Å². The average Bonchev–Trinajstić information content (AvgIpc) is 1.97. The van der Waals surface area contributed by atoms with Gasteiger partial charge in [-0.25, -0.2) is 0 Å². The molecule has 0 heterocycles. The minimum Gasteiger partial charge on any atom is -0.480 e. The maximum Gasteiger partial charge on any atom is 0.320 e. The van der Waals surface area contributed by atoms with Crippen molar-refractivity contribution < 1.29 is 9.90 Å². The first kappa shape index (κ1) is 14.3. The molecule has 0 spiro atoms. The van der Waals surface area contributed by atoms with Gasteiger partial charge >= 0.3 is 5.97 Å². The topological polar surface area (TPSA) is 49.3 Å². The number of nitrogens with one attached hydrogen (secondary N) is 1. The maximum absolute atomic E-state index is 10.5. The van der Waals surface area contributed by atoms with Gasteiger partial charge in [0, 0.05) is 0 Å². The first-order valence-corrected chi connectivity index (χ1v) is 4.18. The summed E-state index contributed by atoms with van der Waals surface area (Å²) in [6, 6.07) is -0.347. The van der Waals surface area contributed by atoms with Crippen LogP contribution in [0.2, 0.25) is 0 Å². The fourth-order valence-electron chi connectivity index (χ4n) is 0.967. The molecule has 0 bridgehead atoms. The van der Waals surface area contributed by atoms with Crippen molar-refractivity contribution >= 4 is 18.4 Å². The lowest BCUT2D eigenvalue weighted by molar-refractivity contribution is -0.139. The zero-order valence-corrected chi connectivity index (χ0v) is 8.49. The van der Waals surface area contributed by atoms with Gasteiger partial charge in [-0.3, -0.25) is 4.79 Å². The van der Waals surface area contributed by atoms with Crippen molar-refractivity contribution in [2.24, 2.45) is 0 Å². The minimum absolute atomic E-state index is 0. The van der Waals surface area contributed by atoms with Crippen molar-refractivity contribution in [2.45, 2.75) is 39.2 Å². The Kier molecular flexibility index (Phi) is 10.5. The van der Waals surface area contributed by atoms with Crippen LogP contribution < -0.4 is 5.32 Å². The van der Waals surface area contributed by atoms with Crippen molar-refractivity contribution in [3.05, 3.63) is 0 Å². The van der Waals surface area contributed by atoms with Gasteiger partial charge in [0.2, 0.25) is 0 Å². The predicted molar refractivity (Wildman–Crippen MR) is 51.9 cm³/mol. The Morgan fingerprint density at radius 2 is 2.08 bits per heavy atom. The van der Waals surface area contributed by atoms with Gasteiger partial charge in [0.15, 0.2) is 0 Å².